The molecule has 0 fully saturated rings. The molecule has 0 aliphatic heterocycles. The number of nitrogens with two attached hydrogens (primary N) is 1. The van der Waals surface area contributed by atoms with Crippen molar-refractivity contribution in [1.29, 1.82) is 5.26 Å². The average Bonchev–Trinajstić information content (AvgIpc) is 2.48. The summed E-state index contributed by atoms with van der Waals surface area (Å²) in [5, 5.41) is 11.0. The molecule has 0 saturated heterocycles. The fraction of sp³-hybridized carbons (Fsp3) is 0.188. The summed E-state index contributed by atoms with van der Waals surface area (Å²) >= 11 is 0. The highest BCUT2D eigenvalue weighted by atomic mass is 16.5. The van der Waals surface area contributed by atoms with Crippen LogP contribution in [-0.2, 0) is 13.1 Å². The Labute approximate surface area is 113 Å². The molecular formula is C16H17N2O+. The molecule has 0 heterocycles. The Balaban J connectivity index is 1.87. The summed E-state index contributed by atoms with van der Waals surface area (Å²) in [7, 11) is 1.68. The number of methoxy groups -OCH3 is 1. The number of nitriles is 1. The lowest BCUT2D eigenvalue weighted by atomic mass is 10.1. The molecule has 0 saturated carbocycles. The highest BCUT2D eigenvalue weighted by Gasteiger charge is 1.99. The van der Waals surface area contributed by atoms with E-state index < -0.39 is 0 Å². The molecule has 0 aromatic heterocycles. The Bertz CT molecular complexity index is 570. The highest BCUT2D eigenvalue weighted by Crippen LogP contribution is 2.11. The molecule has 0 unspecified atom stereocenters. The molecule has 96 valence electrons. The first-order chi connectivity index (χ1) is 9.31. The summed E-state index contributed by atoms with van der Waals surface area (Å²) in [6.07, 6.45) is 0. The molecule has 0 spiro atoms. The quantitative estimate of drug-likeness (QED) is 0.883. The van der Waals surface area contributed by atoms with Crippen LogP contribution in [0.2, 0.25) is 0 Å². The predicted octanol–water partition coefficient (Wildman–Crippen LogP) is 1.83. The zero-order valence-corrected chi connectivity index (χ0v) is 11.0. The summed E-state index contributed by atoms with van der Waals surface area (Å²) in [5.41, 5.74) is 3.17. The third kappa shape index (κ3) is 3.84. The molecule has 0 bridgehead atoms. The van der Waals surface area contributed by atoms with Crippen molar-refractivity contribution in [2.24, 2.45) is 0 Å². The zero-order chi connectivity index (χ0) is 13.5. The summed E-state index contributed by atoms with van der Waals surface area (Å²) in [6.45, 7) is 1.82. The van der Waals surface area contributed by atoms with Crippen LogP contribution in [0.25, 0.3) is 0 Å². The van der Waals surface area contributed by atoms with Gasteiger partial charge in [0.2, 0.25) is 0 Å². The van der Waals surface area contributed by atoms with E-state index in [1.54, 1.807) is 7.11 Å². The van der Waals surface area contributed by atoms with Crippen LogP contribution in [0.4, 0.5) is 0 Å². The minimum absolute atomic E-state index is 0.705. The summed E-state index contributed by atoms with van der Waals surface area (Å²) < 4.78 is 5.20. The summed E-state index contributed by atoms with van der Waals surface area (Å²) in [4.78, 5) is 0. The van der Waals surface area contributed by atoms with Gasteiger partial charge in [0.15, 0.2) is 0 Å². The van der Waals surface area contributed by atoms with Crippen LogP contribution < -0.4 is 10.1 Å². The van der Waals surface area contributed by atoms with Gasteiger partial charge in [0.25, 0.3) is 0 Å². The molecule has 0 atom stereocenters. The van der Waals surface area contributed by atoms with Crippen LogP contribution in [0, 0.1) is 11.3 Å². The Hall–Kier alpha value is -2.31. The van der Waals surface area contributed by atoms with Gasteiger partial charge in [-0.05, 0) is 24.3 Å². The topological polar surface area (TPSA) is 49.6 Å². The molecule has 2 aromatic rings. The Morgan fingerprint density at radius 3 is 2.47 bits per heavy atom. The van der Waals surface area contributed by atoms with E-state index in [-0.39, 0.29) is 0 Å². The molecule has 0 aliphatic carbocycles. The van der Waals surface area contributed by atoms with Crippen molar-refractivity contribution in [2.45, 2.75) is 13.1 Å². The number of nitrogens with zero attached hydrogens (tertiary/aromatic N) is 1. The molecule has 2 N–H and O–H groups in total. The lowest BCUT2D eigenvalue weighted by molar-refractivity contribution is -0.686. The van der Waals surface area contributed by atoms with E-state index in [0.29, 0.717) is 5.56 Å². The molecule has 0 amide bonds. The van der Waals surface area contributed by atoms with Gasteiger partial charge in [-0.2, -0.15) is 5.26 Å². The number of benzene rings is 2. The second-order valence-corrected chi connectivity index (χ2v) is 4.36. The number of hydrogen-bond acceptors (Lipinski definition) is 2. The smallest absolute Gasteiger partial charge is 0.119 e. The third-order valence-electron chi connectivity index (χ3n) is 2.98. The largest absolute Gasteiger partial charge is 0.497 e. The minimum atomic E-state index is 0.705. The van der Waals surface area contributed by atoms with Crippen LogP contribution in [0.15, 0.2) is 48.5 Å². The van der Waals surface area contributed by atoms with Gasteiger partial charge < -0.3 is 10.1 Å². The molecule has 2 aromatic carbocycles. The second-order valence-electron chi connectivity index (χ2n) is 4.36. The normalized spacial score (nSPS) is 9.89. The van der Waals surface area contributed by atoms with Crippen molar-refractivity contribution in [1.82, 2.24) is 0 Å². The first-order valence-corrected chi connectivity index (χ1v) is 6.25. The van der Waals surface area contributed by atoms with Crippen molar-refractivity contribution in [3.05, 3.63) is 65.2 Å². The fourth-order valence-electron chi connectivity index (χ4n) is 1.92. The molecule has 3 heteroatoms. The lowest BCUT2D eigenvalue weighted by Gasteiger charge is -2.04. The Morgan fingerprint density at radius 2 is 1.79 bits per heavy atom. The van der Waals surface area contributed by atoms with E-state index in [1.165, 1.54) is 11.1 Å². The van der Waals surface area contributed by atoms with Crippen LogP contribution in [-0.4, -0.2) is 7.11 Å². The van der Waals surface area contributed by atoms with Crippen molar-refractivity contribution in [3.63, 3.8) is 0 Å². The van der Waals surface area contributed by atoms with E-state index in [4.69, 9.17) is 10.00 Å². The molecule has 0 aliphatic rings. The van der Waals surface area contributed by atoms with Crippen molar-refractivity contribution in [3.8, 4) is 11.8 Å². The Morgan fingerprint density at radius 1 is 1.05 bits per heavy atom. The maximum absolute atomic E-state index is 8.73. The van der Waals surface area contributed by atoms with Crippen LogP contribution in [0.5, 0.6) is 5.75 Å². The molecule has 0 radical (unpaired) electrons. The lowest BCUT2D eigenvalue weighted by Crippen LogP contribution is -2.80. The van der Waals surface area contributed by atoms with E-state index in [9.17, 15) is 0 Å². The van der Waals surface area contributed by atoms with Gasteiger partial charge >= 0.3 is 0 Å². The minimum Gasteiger partial charge on any atom is -0.497 e. The predicted molar refractivity (Wildman–Crippen MR) is 73.5 cm³/mol. The van der Waals surface area contributed by atoms with Gasteiger partial charge in [0.1, 0.15) is 18.8 Å². The zero-order valence-electron chi connectivity index (χ0n) is 11.0. The van der Waals surface area contributed by atoms with Gasteiger partial charge in [0, 0.05) is 11.1 Å². The molecule has 3 nitrogen and oxygen atoms in total. The van der Waals surface area contributed by atoms with E-state index in [1.807, 2.05) is 36.4 Å². The molecular weight excluding hydrogens is 236 g/mol. The summed E-state index contributed by atoms with van der Waals surface area (Å²) in [6, 6.07) is 17.9. The maximum atomic E-state index is 8.73. The second kappa shape index (κ2) is 6.58. The van der Waals surface area contributed by atoms with Crippen LogP contribution >= 0.6 is 0 Å². The van der Waals surface area contributed by atoms with E-state index in [0.717, 1.165) is 18.8 Å². The highest BCUT2D eigenvalue weighted by molar-refractivity contribution is 5.31. The van der Waals surface area contributed by atoms with Crippen LogP contribution in [0.1, 0.15) is 16.7 Å². The number of quaternary nitrogens is 1. The molecule has 19 heavy (non-hydrogen) atoms. The van der Waals surface area contributed by atoms with Gasteiger partial charge in [-0.3, -0.25) is 0 Å². The Kier molecular flexibility index (Phi) is 4.54. The maximum Gasteiger partial charge on any atom is 0.119 e. The number of rotatable bonds is 5. The average molecular weight is 253 g/mol. The third-order valence-corrected chi connectivity index (χ3v) is 2.98. The standard InChI is InChI=1S/C16H16N2O/c1-19-16-4-2-3-15(9-16)12-18-11-14-7-5-13(10-17)6-8-14/h2-9,18H,11-12H2,1H3/p+1. The SMILES string of the molecule is COc1cccc(C[NH2+]Cc2ccc(C#N)cc2)c1. The van der Waals surface area contributed by atoms with E-state index >= 15 is 0 Å². The van der Waals surface area contributed by atoms with Crippen LogP contribution in [0.3, 0.4) is 0 Å². The fourth-order valence-corrected chi connectivity index (χ4v) is 1.92. The van der Waals surface area contributed by atoms with Gasteiger partial charge in [-0.25, -0.2) is 0 Å². The molecule has 2 rings (SSSR count). The van der Waals surface area contributed by atoms with Crippen molar-refractivity contribution in [2.75, 3.05) is 7.11 Å². The first-order valence-electron chi connectivity index (χ1n) is 6.25. The van der Waals surface area contributed by atoms with E-state index in [2.05, 4.69) is 23.5 Å². The number of hydrogen-bond donors (Lipinski definition) is 1. The van der Waals surface area contributed by atoms with Gasteiger partial charge in [-0.15, -0.1) is 0 Å². The van der Waals surface area contributed by atoms with Crippen molar-refractivity contribution < 1.29 is 10.1 Å². The van der Waals surface area contributed by atoms with Gasteiger partial charge in [-0.1, -0.05) is 24.3 Å². The number of ether oxygens (including phenoxy) is 1. The first kappa shape index (κ1) is 13.1. The van der Waals surface area contributed by atoms with Gasteiger partial charge in [0.05, 0.1) is 18.7 Å². The summed E-state index contributed by atoms with van der Waals surface area (Å²) in [5.74, 6) is 0.893. The van der Waals surface area contributed by atoms with Crippen molar-refractivity contribution >= 4 is 0 Å². The monoisotopic (exact) mass is 253 g/mol.